The van der Waals surface area contributed by atoms with Gasteiger partial charge in [-0.25, -0.2) is 0 Å². The highest BCUT2D eigenvalue weighted by atomic mass is 27.1. The van der Waals surface area contributed by atoms with Crippen LogP contribution < -0.4 is 0 Å². The standard InChI is InChI=1S/C16H33.CHO2.Al/c1-3-5-7-9-11-13-15-16-14-12-10-8-6-4-2;2-1-3;/h1,3-16H2,2H3;(H,2,3);. The van der Waals surface area contributed by atoms with E-state index in [1.165, 1.54) is 83.5 Å². The van der Waals surface area contributed by atoms with Gasteiger partial charge in [0.05, 0.1) is 0 Å². The van der Waals surface area contributed by atoms with Crippen molar-refractivity contribution in [3.05, 3.63) is 0 Å². The van der Waals surface area contributed by atoms with Crippen LogP contribution >= 0.6 is 0 Å². The van der Waals surface area contributed by atoms with E-state index in [-0.39, 0.29) is 15.2 Å². The van der Waals surface area contributed by atoms with Gasteiger partial charge in [0.2, 0.25) is 0 Å². The SMILES string of the molecule is CCCCCCCCCCCCCCC[CH2][Al][C](=O)O. The fraction of sp³-hybridized carbons (Fsp3) is 0.941. The Balaban J connectivity index is 2.94. The molecule has 0 heterocycles. The smallest absolute Gasteiger partial charge is 0.385 e. The molecule has 0 amide bonds. The lowest BCUT2D eigenvalue weighted by molar-refractivity contribution is 0.219. The van der Waals surface area contributed by atoms with Crippen LogP contribution in [0.25, 0.3) is 0 Å². The summed E-state index contributed by atoms with van der Waals surface area (Å²) >= 11 is -0.341. The number of hydrogen-bond acceptors (Lipinski definition) is 1. The van der Waals surface area contributed by atoms with Gasteiger partial charge in [-0.15, -0.1) is 0 Å². The van der Waals surface area contributed by atoms with Crippen molar-refractivity contribution < 1.29 is 9.90 Å². The van der Waals surface area contributed by atoms with E-state index in [1.807, 2.05) is 0 Å². The van der Waals surface area contributed by atoms with Crippen LogP contribution in [-0.2, 0) is 0 Å². The third kappa shape index (κ3) is 18.0. The van der Waals surface area contributed by atoms with Gasteiger partial charge in [-0.3, -0.25) is 4.79 Å². The number of carboxylic acid groups (broad SMARTS) is 1. The molecule has 0 aromatic rings. The Morgan fingerprint density at radius 2 is 1.05 bits per heavy atom. The van der Waals surface area contributed by atoms with E-state index in [0.29, 0.717) is 0 Å². The third-order valence-electron chi connectivity index (χ3n) is 3.88. The minimum atomic E-state index is -0.570. The summed E-state index contributed by atoms with van der Waals surface area (Å²) < 4.78 is 0. The lowest BCUT2D eigenvalue weighted by Gasteiger charge is -2.03. The Morgan fingerprint density at radius 3 is 1.40 bits per heavy atom. The third-order valence-corrected chi connectivity index (χ3v) is 4.92. The molecule has 0 spiro atoms. The first-order valence-electron chi connectivity index (χ1n) is 8.83. The molecule has 0 aliphatic carbocycles. The summed E-state index contributed by atoms with van der Waals surface area (Å²) in [5.74, 6) is 0. The summed E-state index contributed by atoms with van der Waals surface area (Å²) in [6.07, 6.45) is 19.1. The van der Waals surface area contributed by atoms with Gasteiger partial charge in [-0.1, -0.05) is 102 Å². The van der Waals surface area contributed by atoms with Crippen molar-refractivity contribution >= 4 is 20.1 Å². The van der Waals surface area contributed by atoms with Gasteiger partial charge in [0.1, 0.15) is 0 Å². The highest BCUT2D eigenvalue weighted by Crippen LogP contribution is 2.13. The number of hydrogen-bond donors (Lipinski definition) is 1. The summed E-state index contributed by atoms with van der Waals surface area (Å²) in [4.78, 5) is 9.80. The summed E-state index contributed by atoms with van der Waals surface area (Å²) in [5, 5.41) is 9.49. The summed E-state index contributed by atoms with van der Waals surface area (Å²) in [5.41, 5.74) is 0. The molecule has 3 heteroatoms. The maximum absolute atomic E-state index is 10.4. The van der Waals surface area contributed by atoms with Crippen LogP contribution in [0.2, 0.25) is 5.28 Å². The molecule has 0 saturated heterocycles. The average Bonchev–Trinajstić information content (AvgIpc) is 2.43. The zero-order chi connectivity index (χ0) is 14.9. The van der Waals surface area contributed by atoms with Crippen molar-refractivity contribution in [2.45, 2.75) is 102 Å². The molecule has 0 aliphatic heterocycles. The van der Waals surface area contributed by atoms with Gasteiger partial charge in [0, 0.05) is 0 Å². The average molecular weight is 297 g/mol. The van der Waals surface area contributed by atoms with Gasteiger partial charge < -0.3 is 5.11 Å². The second kappa shape index (κ2) is 17.1. The van der Waals surface area contributed by atoms with Gasteiger partial charge >= 0.3 is 15.2 Å². The molecular weight excluding hydrogens is 263 g/mol. The highest BCUT2D eigenvalue weighted by Gasteiger charge is 2.00. The number of unbranched alkanes of at least 4 members (excludes halogenated alkanes) is 13. The second-order valence-electron chi connectivity index (χ2n) is 5.93. The Kier molecular flexibility index (Phi) is 17.1. The lowest BCUT2D eigenvalue weighted by Crippen LogP contribution is -2.03. The Hall–Kier alpha value is 0.00247. The molecule has 20 heavy (non-hydrogen) atoms. The first-order chi connectivity index (χ1) is 9.77. The minimum absolute atomic E-state index is 0.341. The molecule has 0 fully saturated rings. The molecule has 1 radical (unpaired) electrons. The van der Waals surface area contributed by atoms with Crippen LogP contribution in [0.5, 0.6) is 0 Å². The minimum Gasteiger partial charge on any atom is -0.497 e. The Morgan fingerprint density at radius 1 is 0.700 bits per heavy atom. The van der Waals surface area contributed by atoms with Crippen LogP contribution in [0.15, 0.2) is 0 Å². The normalized spacial score (nSPS) is 10.7. The maximum atomic E-state index is 10.4. The largest absolute Gasteiger partial charge is 0.497 e. The fourth-order valence-electron chi connectivity index (χ4n) is 2.56. The van der Waals surface area contributed by atoms with Gasteiger partial charge in [0.25, 0.3) is 0 Å². The quantitative estimate of drug-likeness (QED) is 0.269. The Labute approximate surface area is 132 Å². The first kappa shape index (κ1) is 20.0. The molecular formula is C17H34AlO2. The Bertz CT molecular complexity index is 207. The van der Waals surface area contributed by atoms with Crippen LogP contribution in [-0.4, -0.2) is 25.2 Å². The van der Waals surface area contributed by atoms with Crippen molar-refractivity contribution in [3.63, 3.8) is 0 Å². The molecule has 2 nitrogen and oxygen atoms in total. The molecule has 0 bridgehead atoms. The van der Waals surface area contributed by atoms with Crippen LogP contribution in [0.1, 0.15) is 96.8 Å². The summed E-state index contributed by atoms with van der Waals surface area (Å²) in [6, 6.07) is 0. The molecule has 0 aromatic heterocycles. The van der Waals surface area contributed by atoms with Gasteiger partial charge in [-0.2, -0.15) is 0 Å². The van der Waals surface area contributed by atoms with E-state index < -0.39 is 4.83 Å². The van der Waals surface area contributed by atoms with Crippen LogP contribution in [0.4, 0.5) is 4.79 Å². The van der Waals surface area contributed by atoms with Crippen LogP contribution in [0.3, 0.4) is 0 Å². The topological polar surface area (TPSA) is 37.3 Å². The molecule has 0 rings (SSSR count). The van der Waals surface area contributed by atoms with E-state index in [4.69, 9.17) is 5.11 Å². The number of rotatable bonds is 16. The van der Waals surface area contributed by atoms with E-state index in [0.717, 1.165) is 11.7 Å². The summed E-state index contributed by atoms with van der Waals surface area (Å²) in [6.45, 7) is 2.27. The van der Waals surface area contributed by atoms with Crippen molar-refractivity contribution in [2.75, 3.05) is 0 Å². The zero-order valence-corrected chi connectivity index (χ0v) is 14.7. The predicted octanol–water partition coefficient (Wildman–Crippen LogP) is 6.27. The van der Waals surface area contributed by atoms with Crippen molar-refractivity contribution in [2.24, 2.45) is 0 Å². The second-order valence-corrected chi connectivity index (χ2v) is 7.41. The van der Waals surface area contributed by atoms with Crippen molar-refractivity contribution in [3.8, 4) is 0 Å². The van der Waals surface area contributed by atoms with E-state index >= 15 is 0 Å². The van der Waals surface area contributed by atoms with Crippen LogP contribution in [0, 0.1) is 0 Å². The molecule has 117 valence electrons. The molecule has 1 N–H and O–H groups in total. The first-order valence-corrected chi connectivity index (χ1v) is 10.2. The molecule has 0 saturated carbocycles. The molecule has 0 aromatic carbocycles. The maximum Gasteiger partial charge on any atom is 0.385 e. The zero-order valence-electron chi connectivity index (χ0n) is 13.5. The highest BCUT2D eigenvalue weighted by molar-refractivity contribution is 6.71. The monoisotopic (exact) mass is 297 g/mol. The van der Waals surface area contributed by atoms with E-state index in [2.05, 4.69) is 6.92 Å². The van der Waals surface area contributed by atoms with Gasteiger partial charge in [-0.05, 0) is 0 Å². The van der Waals surface area contributed by atoms with Gasteiger partial charge in [0.15, 0.2) is 4.83 Å². The number of carbonyl (C=O) groups is 1. The molecule has 0 aliphatic rings. The molecule has 0 unspecified atom stereocenters. The molecule has 0 atom stereocenters. The lowest BCUT2D eigenvalue weighted by atomic mass is 10.0. The fourth-order valence-corrected chi connectivity index (χ4v) is 3.30. The summed E-state index contributed by atoms with van der Waals surface area (Å²) in [7, 11) is 0. The van der Waals surface area contributed by atoms with Crippen molar-refractivity contribution in [1.82, 2.24) is 0 Å². The van der Waals surface area contributed by atoms with E-state index in [9.17, 15) is 4.79 Å². The van der Waals surface area contributed by atoms with E-state index in [1.54, 1.807) is 0 Å². The predicted molar refractivity (Wildman–Crippen MR) is 88.9 cm³/mol. The van der Waals surface area contributed by atoms with Crippen molar-refractivity contribution in [1.29, 1.82) is 0 Å².